The van der Waals surface area contributed by atoms with Gasteiger partial charge in [-0.2, -0.15) is 0 Å². The summed E-state index contributed by atoms with van der Waals surface area (Å²) in [6.07, 6.45) is 7.25. The lowest BCUT2D eigenvalue weighted by Crippen LogP contribution is -2.40. The lowest BCUT2D eigenvalue weighted by molar-refractivity contribution is 0.340. The van der Waals surface area contributed by atoms with Crippen LogP contribution in [-0.2, 0) is 19.5 Å². The number of aryl methyl sites for hydroxylation is 1. The normalized spacial score (nSPS) is 18.1. The summed E-state index contributed by atoms with van der Waals surface area (Å²) in [7, 11) is 0. The highest BCUT2D eigenvalue weighted by atomic mass is 15.3. The van der Waals surface area contributed by atoms with Crippen LogP contribution < -0.4 is 5.32 Å². The van der Waals surface area contributed by atoms with Crippen LogP contribution in [0.1, 0.15) is 43.8 Å². The highest BCUT2D eigenvalue weighted by Gasteiger charge is 2.18. The number of guanidine groups is 1. The summed E-state index contributed by atoms with van der Waals surface area (Å²) in [4.78, 5) is 7.27. The van der Waals surface area contributed by atoms with E-state index in [2.05, 4.69) is 37.1 Å². The molecule has 1 saturated heterocycles. The Kier molecular flexibility index (Phi) is 4.95. The number of para-hydroxylation sites is 1. The summed E-state index contributed by atoms with van der Waals surface area (Å²) < 4.78 is 2.25. The van der Waals surface area contributed by atoms with Crippen LogP contribution >= 0.6 is 0 Å². The molecule has 0 amide bonds. The third-order valence-corrected chi connectivity index (χ3v) is 4.99. The van der Waals surface area contributed by atoms with Crippen LogP contribution in [0.3, 0.4) is 0 Å². The van der Waals surface area contributed by atoms with Gasteiger partial charge in [-0.15, -0.1) is 10.2 Å². The lowest BCUT2D eigenvalue weighted by atomic mass is 10.1. The summed E-state index contributed by atoms with van der Waals surface area (Å²) in [6, 6.07) is 10.3. The molecule has 0 radical (unpaired) electrons. The Bertz CT molecular complexity index is 715. The van der Waals surface area contributed by atoms with E-state index < -0.39 is 0 Å². The zero-order valence-corrected chi connectivity index (χ0v) is 14.7. The number of piperidine rings is 1. The summed E-state index contributed by atoms with van der Waals surface area (Å²) in [5.74, 6) is 3.06. The van der Waals surface area contributed by atoms with Crippen LogP contribution in [0.15, 0.2) is 35.3 Å². The summed E-state index contributed by atoms with van der Waals surface area (Å²) in [6.45, 7) is 3.74. The fourth-order valence-corrected chi connectivity index (χ4v) is 3.61. The van der Waals surface area contributed by atoms with Crippen LogP contribution in [0.5, 0.6) is 0 Å². The van der Waals surface area contributed by atoms with Crippen LogP contribution in [0, 0.1) is 0 Å². The van der Waals surface area contributed by atoms with Gasteiger partial charge in [0.2, 0.25) is 0 Å². The van der Waals surface area contributed by atoms with Crippen molar-refractivity contribution in [3.8, 4) is 0 Å². The first-order valence-electron chi connectivity index (χ1n) is 9.42. The number of aliphatic imine (C=N–C) groups is 1. The van der Waals surface area contributed by atoms with E-state index in [4.69, 9.17) is 4.99 Å². The maximum absolute atomic E-state index is 4.90. The van der Waals surface area contributed by atoms with Gasteiger partial charge in [-0.3, -0.25) is 0 Å². The van der Waals surface area contributed by atoms with Gasteiger partial charge in [-0.25, -0.2) is 4.99 Å². The number of hydrogen-bond acceptors (Lipinski definition) is 3. The molecule has 0 atom stereocenters. The fourth-order valence-electron chi connectivity index (χ4n) is 3.61. The second-order valence-corrected chi connectivity index (χ2v) is 6.82. The maximum atomic E-state index is 4.90. The minimum atomic E-state index is 0.582. The van der Waals surface area contributed by atoms with Gasteiger partial charge in [-0.1, -0.05) is 18.2 Å². The van der Waals surface area contributed by atoms with Gasteiger partial charge < -0.3 is 14.8 Å². The molecule has 0 aliphatic carbocycles. The Morgan fingerprint density at radius 2 is 1.76 bits per heavy atom. The third-order valence-electron chi connectivity index (χ3n) is 4.99. The number of aromatic nitrogens is 3. The molecule has 0 spiro atoms. The Morgan fingerprint density at radius 1 is 0.960 bits per heavy atom. The minimum absolute atomic E-state index is 0.582. The molecular formula is C19H26N6. The smallest absolute Gasteiger partial charge is 0.198 e. The average molecular weight is 338 g/mol. The number of fused-ring (bicyclic) bond motifs is 1. The Labute approximate surface area is 149 Å². The quantitative estimate of drug-likeness (QED) is 0.690. The predicted octanol–water partition coefficient (Wildman–Crippen LogP) is 3.07. The molecule has 6 nitrogen and oxygen atoms in total. The molecule has 4 rings (SSSR count). The Morgan fingerprint density at radius 3 is 2.60 bits per heavy atom. The van der Waals surface area contributed by atoms with Gasteiger partial charge in [0, 0.05) is 31.7 Å². The first-order valence-corrected chi connectivity index (χ1v) is 9.42. The molecule has 3 heterocycles. The van der Waals surface area contributed by atoms with Crippen molar-refractivity contribution in [2.45, 2.75) is 51.6 Å². The number of nitrogens with one attached hydrogen (secondary N) is 1. The van der Waals surface area contributed by atoms with Crippen molar-refractivity contribution in [1.82, 2.24) is 19.7 Å². The first kappa shape index (κ1) is 16.1. The van der Waals surface area contributed by atoms with Crippen LogP contribution in [-0.4, -0.2) is 38.7 Å². The molecule has 2 aliphatic rings. The first-order chi connectivity index (χ1) is 12.4. The number of likely N-dealkylation sites (tertiary alicyclic amines) is 1. The molecule has 132 valence electrons. The number of benzene rings is 1. The zero-order chi connectivity index (χ0) is 16.9. The van der Waals surface area contributed by atoms with Crippen LogP contribution in [0.4, 0.5) is 5.69 Å². The van der Waals surface area contributed by atoms with E-state index >= 15 is 0 Å². The number of nitrogens with zero attached hydrogens (tertiary/aromatic N) is 5. The molecule has 2 aromatic rings. The van der Waals surface area contributed by atoms with Crippen molar-refractivity contribution in [3.05, 3.63) is 42.0 Å². The molecule has 1 fully saturated rings. The summed E-state index contributed by atoms with van der Waals surface area (Å²) in [5.41, 5.74) is 1.08. The molecule has 0 unspecified atom stereocenters. The topological polar surface area (TPSA) is 58.3 Å². The zero-order valence-electron chi connectivity index (χ0n) is 14.7. The number of hydrogen-bond donors (Lipinski definition) is 1. The number of anilines is 1. The maximum Gasteiger partial charge on any atom is 0.198 e. The molecule has 0 bridgehead atoms. The molecule has 25 heavy (non-hydrogen) atoms. The molecule has 0 saturated carbocycles. The lowest BCUT2D eigenvalue weighted by Gasteiger charge is -2.30. The van der Waals surface area contributed by atoms with Gasteiger partial charge in [0.05, 0.1) is 0 Å². The van der Waals surface area contributed by atoms with E-state index in [0.717, 1.165) is 49.4 Å². The van der Waals surface area contributed by atoms with Gasteiger partial charge >= 0.3 is 0 Å². The summed E-state index contributed by atoms with van der Waals surface area (Å²) in [5, 5.41) is 12.2. The van der Waals surface area contributed by atoms with E-state index in [1.54, 1.807) is 0 Å². The van der Waals surface area contributed by atoms with Gasteiger partial charge in [0.1, 0.15) is 12.4 Å². The van der Waals surface area contributed by atoms with Crippen LogP contribution in [0.25, 0.3) is 0 Å². The minimum Gasteiger partial charge on any atom is -0.343 e. The molecule has 1 aromatic heterocycles. The second-order valence-electron chi connectivity index (χ2n) is 6.82. The average Bonchev–Trinajstić information content (AvgIpc) is 3.10. The van der Waals surface area contributed by atoms with E-state index in [9.17, 15) is 0 Å². The van der Waals surface area contributed by atoms with Crippen molar-refractivity contribution < 1.29 is 0 Å². The van der Waals surface area contributed by atoms with Gasteiger partial charge in [-0.05, 0) is 44.2 Å². The second kappa shape index (κ2) is 7.68. The van der Waals surface area contributed by atoms with E-state index in [0.29, 0.717) is 6.54 Å². The fraction of sp³-hybridized carbons (Fsp3) is 0.526. The third kappa shape index (κ3) is 3.83. The molecule has 1 N–H and O–H groups in total. The summed E-state index contributed by atoms with van der Waals surface area (Å²) >= 11 is 0. The number of rotatable bonds is 3. The van der Waals surface area contributed by atoms with Crippen LogP contribution in [0.2, 0.25) is 0 Å². The SMILES string of the molecule is c1ccc(NC(=NCc2nnc3n2CCCC3)N2CCCCC2)cc1. The van der Waals surface area contributed by atoms with E-state index in [1.807, 2.05) is 18.2 Å². The van der Waals surface area contributed by atoms with Crippen molar-refractivity contribution in [2.24, 2.45) is 4.99 Å². The molecular weight excluding hydrogens is 312 g/mol. The monoisotopic (exact) mass is 338 g/mol. The largest absolute Gasteiger partial charge is 0.343 e. The van der Waals surface area contributed by atoms with Gasteiger partial charge in [0.15, 0.2) is 11.8 Å². The molecule has 6 heteroatoms. The van der Waals surface area contributed by atoms with Crippen molar-refractivity contribution in [1.29, 1.82) is 0 Å². The highest BCUT2D eigenvalue weighted by Crippen LogP contribution is 2.16. The van der Waals surface area contributed by atoms with Gasteiger partial charge in [0.25, 0.3) is 0 Å². The molecule has 2 aliphatic heterocycles. The molecule has 1 aromatic carbocycles. The Hall–Kier alpha value is -2.37. The van der Waals surface area contributed by atoms with Crippen molar-refractivity contribution in [2.75, 3.05) is 18.4 Å². The highest BCUT2D eigenvalue weighted by molar-refractivity contribution is 5.93. The Balaban J connectivity index is 1.54. The van der Waals surface area contributed by atoms with E-state index in [1.165, 1.54) is 32.1 Å². The van der Waals surface area contributed by atoms with E-state index in [-0.39, 0.29) is 0 Å². The van der Waals surface area contributed by atoms with Crippen molar-refractivity contribution >= 4 is 11.6 Å². The van der Waals surface area contributed by atoms with Crippen molar-refractivity contribution in [3.63, 3.8) is 0 Å². The predicted molar refractivity (Wildman–Crippen MR) is 99.6 cm³/mol. The standard InChI is InChI=1S/C19H26N6/c1-3-9-16(10-4-1)21-19(24-12-6-2-7-13-24)20-15-18-23-22-17-11-5-8-14-25(17)18/h1,3-4,9-10H,2,5-8,11-15H2,(H,20,21).